The number of carbonyl (C=O) groups excluding carboxylic acids is 2. The molecule has 2 aromatic heterocycles. The molecular weight excluding hydrogens is 635 g/mol. The second-order valence-electron chi connectivity index (χ2n) is 11.9. The van der Waals surface area contributed by atoms with Gasteiger partial charge in [-0.25, -0.2) is 20.8 Å². The maximum Gasteiger partial charge on any atom is 0.271 e. The van der Waals surface area contributed by atoms with Crippen molar-refractivity contribution in [2.75, 3.05) is 4.90 Å². The van der Waals surface area contributed by atoms with Gasteiger partial charge in [-0.05, 0) is 53.6 Å². The third kappa shape index (κ3) is 8.36. The van der Waals surface area contributed by atoms with Gasteiger partial charge < -0.3 is 4.90 Å². The lowest BCUT2D eigenvalue weighted by atomic mass is 10.1. The molecule has 0 unspecified atom stereocenters. The van der Waals surface area contributed by atoms with E-state index in [4.69, 9.17) is 0 Å². The van der Waals surface area contributed by atoms with Gasteiger partial charge in [0.15, 0.2) is 0 Å². The predicted molar refractivity (Wildman–Crippen MR) is 203 cm³/mol. The Kier molecular flexibility index (Phi) is 9.88. The smallest absolute Gasteiger partial charge is 0.271 e. The molecule has 0 saturated heterocycles. The summed E-state index contributed by atoms with van der Waals surface area (Å²) in [6, 6.07) is 48.3. The van der Waals surface area contributed by atoms with Crippen LogP contribution < -0.4 is 15.8 Å². The maximum atomic E-state index is 13.6. The Bertz CT molecular complexity index is 2210. The Morgan fingerprint density at radius 2 is 0.961 bits per heavy atom. The number of benzene rings is 5. The minimum Gasteiger partial charge on any atom is -0.363 e. The zero-order valence-electron chi connectivity index (χ0n) is 27.6. The number of anilines is 1. The summed E-state index contributed by atoms with van der Waals surface area (Å²) in [6.07, 6.45) is 2.99. The maximum absolute atomic E-state index is 13.6. The SMILES string of the molecule is O=C(N/N=C/c1ccc2ccccc2n1)c1cc(C(=O)N/N=C/c2ccc3ccccc3n2)cc(N(Cc2ccccc2)Cc2ccccc2)c1. The number of nitrogens with zero attached hydrogens (tertiary/aromatic N) is 5. The molecule has 9 heteroatoms. The van der Waals surface area contributed by atoms with E-state index >= 15 is 0 Å². The second kappa shape index (κ2) is 15.5. The van der Waals surface area contributed by atoms with Crippen molar-refractivity contribution in [1.82, 2.24) is 20.8 Å². The molecule has 0 radical (unpaired) electrons. The molecule has 0 atom stereocenters. The number of amides is 2. The molecular formula is C42H33N7O2. The van der Waals surface area contributed by atoms with Crippen LogP contribution >= 0.6 is 0 Å². The zero-order chi connectivity index (χ0) is 34.8. The monoisotopic (exact) mass is 667 g/mol. The minimum absolute atomic E-state index is 0.257. The van der Waals surface area contributed by atoms with E-state index in [2.05, 4.69) is 35.9 Å². The van der Waals surface area contributed by atoms with E-state index in [1.807, 2.05) is 133 Å². The molecule has 248 valence electrons. The number of hydrogen-bond acceptors (Lipinski definition) is 7. The van der Waals surface area contributed by atoms with Crippen LogP contribution in [0.4, 0.5) is 5.69 Å². The number of rotatable bonds is 11. The number of nitrogens with one attached hydrogen (secondary N) is 2. The van der Waals surface area contributed by atoms with Crippen LogP contribution in [-0.4, -0.2) is 34.2 Å². The van der Waals surface area contributed by atoms with Crippen LogP contribution in [0, 0.1) is 0 Å². The molecule has 2 N–H and O–H groups in total. The van der Waals surface area contributed by atoms with Crippen LogP contribution in [0.5, 0.6) is 0 Å². The molecule has 2 amide bonds. The van der Waals surface area contributed by atoms with Crippen molar-refractivity contribution in [3.63, 3.8) is 0 Å². The highest BCUT2D eigenvalue weighted by Gasteiger charge is 2.17. The standard InChI is InChI=1S/C42H33N7O2/c50-41(47-43-26-36-21-19-32-15-7-9-17-39(32)45-36)34-23-35(42(51)48-44-27-37-22-20-33-16-8-10-18-40(33)46-37)25-38(24-34)49(28-30-11-3-1-4-12-30)29-31-13-5-2-6-14-31/h1-27H,28-29H2,(H,47,50)(H,48,51)/b43-26+,44-27+. The summed E-state index contributed by atoms with van der Waals surface area (Å²) in [5.41, 5.74) is 11.4. The zero-order valence-corrected chi connectivity index (χ0v) is 27.6. The molecule has 51 heavy (non-hydrogen) atoms. The topological polar surface area (TPSA) is 112 Å². The van der Waals surface area contributed by atoms with Crippen LogP contribution in [0.3, 0.4) is 0 Å². The number of fused-ring (bicyclic) bond motifs is 2. The second-order valence-corrected chi connectivity index (χ2v) is 11.9. The van der Waals surface area contributed by atoms with Gasteiger partial charge in [0.25, 0.3) is 11.8 Å². The molecule has 0 aliphatic carbocycles. The summed E-state index contributed by atoms with van der Waals surface area (Å²) in [5.74, 6) is -0.961. The van der Waals surface area contributed by atoms with Gasteiger partial charge >= 0.3 is 0 Å². The van der Waals surface area contributed by atoms with Gasteiger partial charge in [-0.15, -0.1) is 0 Å². The molecule has 0 saturated carbocycles. The molecule has 0 aliphatic rings. The molecule has 0 fully saturated rings. The fraction of sp³-hybridized carbons (Fsp3) is 0.0476. The summed E-state index contributed by atoms with van der Waals surface area (Å²) in [6.45, 7) is 1.08. The van der Waals surface area contributed by atoms with Crippen molar-refractivity contribution in [3.05, 3.63) is 185 Å². The lowest BCUT2D eigenvalue weighted by Crippen LogP contribution is -2.25. The Hall–Kier alpha value is -7.00. The third-order valence-corrected chi connectivity index (χ3v) is 8.21. The molecule has 2 heterocycles. The first-order chi connectivity index (χ1) is 25.1. The normalized spacial score (nSPS) is 11.3. The minimum atomic E-state index is -0.480. The van der Waals surface area contributed by atoms with Crippen LogP contribution in [0.15, 0.2) is 162 Å². The molecule has 0 aliphatic heterocycles. The van der Waals surface area contributed by atoms with Crippen molar-refractivity contribution in [1.29, 1.82) is 0 Å². The lowest BCUT2D eigenvalue weighted by Gasteiger charge is -2.26. The van der Waals surface area contributed by atoms with Gasteiger partial charge in [0, 0.05) is 40.7 Å². The van der Waals surface area contributed by atoms with E-state index in [-0.39, 0.29) is 11.1 Å². The quantitative estimate of drug-likeness (QED) is 0.110. The lowest BCUT2D eigenvalue weighted by molar-refractivity contribution is 0.0954. The van der Waals surface area contributed by atoms with Crippen LogP contribution in [-0.2, 0) is 13.1 Å². The van der Waals surface area contributed by atoms with Crippen LogP contribution in [0.1, 0.15) is 43.2 Å². The first-order valence-corrected chi connectivity index (χ1v) is 16.4. The average molecular weight is 668 g/mol. The fourth-order valence-electron chi connectivity index (χ4n) is 5.65. The predicted octanol–water partition coefficient (Wildman–Crippen LogP) is 7.52. The molecule has 0 bridgehead atoms. The third-order valence-electron chi connectivity index (χ3n) is 8.21. The Morgan fingerprint density at radius 3 is 1.43 bits per heavy atom. The highest BCUT2D eigenvalue weighted by molar-refractivity contribution is 6.01. The number of pyridine rings is 2. The van der Waals surface area contributed by atoms with Crippen LogP contribution in [0.2, 0.25) is 0 Å². The van der Waals surface area contributed by atoms with Crippen molar-refractivity contribution in [2.24, 2.45) is 10.2 Å². The van der Waals surface area contributed by atoms with Gasteiger partial charge in [-0.2, -0.15) is 10.2 Å². The van der Waals surface area contributed by atoms with Gasteiger partial charge in [-0.3, -0.25) is 9.59 Å². The molecule has 7 aromatic rings. The molecule has 9 nitrogen and oxygen atoms in total. The van der Waals surface area contributed by atoms with E-state index in [1.54, 1.807) is 12.1 Å². The molecule has 7 rings (SSSR count). The van der Waals surface area contributed by atoms with E-state index in [0.29, 0.717) is 30.2 Å². The van der Waals surface area contributed by atoms with Crippen molar-refractivity contribution in [2.45, 2.75) is 13.1 Å². The molecule has 0 spiro atoms. The summed E-state index contributed by atoms with van der Waals surface area (Å²) < 4.78 is 0. The summed E-state index contributed by atoms with van der Waals surface area (Å²) in [7, 11) is 0. The summed E-state index contributed by atoms with van der Waals surface area (Å²) >= 11 is 0. The number of hydrazone groups is 2. The highest BCUT2D eigenvalue weighted by Crippen LogP contribution is 2.24. The fourth-order valence-corrected chi connectivity index (χ4v) is 5.65. The van der Waals surface area contributed by atoms with E-state index < -0.39 is 11.8 Å². The van der Waals surface area contributed by atoms with Gasteiger partial charge in [-0.1, -0.05) is 109 Å². The van der Waals surface area contributed by atoms with Gasteiger partial charge in [0.2, 0.25) is 0 Å². The average Bonchev–Trinajstić information content (AvgIpc) is 3.18. The summed E-state index contributed by atoms with van der Waals surface area (Å²) in [4.78, 5) is 38.5. The van der Waals surface area contributed by atoms with E-state index in [1.165, 1.54) is 18.5 Å². The summed E-state index contributed by atoms with van der Waals surface area (Å²) in [5, 5.41) is 10.4. The number of aromatic nitrogens is 2. The Balaban J connectivity index is 1.18. The first-order valence-electron chi connectivity index (χ1n) is 16.4. The molecule has 5 aromatic carbocycles. The Morgan fingerprint density at radius 1 is 0.529 bits per heavy atom. The van der Waals surface area contributed by atoms with Crippen molar-refractivity contribution >= 4 is 51.7 Å². The number of para-hydroxylation sites is 2. The van der Waals surface area contributed by atoms with Gasteiger partial charge in [0.05, 0.1) is 34.9 Å². The number of hydrogen-bond donors (Lipinski definition) is 2. The number of carbonyl (C=O) groups is 2. The Labute approximate surface area is 295 Å². The first kappa shape index (κ1) is 32.5. The van der Waals surface area contributed by atoms with Crippen LogP contribution in [0.25, 0.3) is 21.8 Å². The van der Waals surface area contributed by atoms with Crippen molar-refractivity contribution in [3.8, 4) is 0 Å². The highest BCUT2D eigenvalue weighted by atomic mass is 16.2. The van der Waals surface area contributed by atoms with E-state index in [0.717, 1.165) is 32.9 Å². The van der Waals surface area contributed by atoms with Crippen molar-refractivity contribution < 1.29 is 9.59 Å². The largest absolute Gasteiger partial charge is 0.363 e. The van der Waals surface area contributed by atoms with Gasteiger partial charge in [0.1, 0.15) is 0 Å². The van der Waals surface area contributed by atoms with E-state index in [9.17, 15) is 9.59 Å².